The predicted octanol–water partition coefficient (Wildman–Crippen LogP) is 6.89. The number of pyridine rings is 1. The molecule has 0 saturated carbocycles. The third kappa shape index (κ3) is 5.17. The van der Waals surface area contributed by atoms with Crippen molar-refractivity contribution in [2.24, 2.45) is 0 Å². The molecule has 0 N–H and O–H groups in total. The van der Waals surface area contributed by atoms with Crippen molar-refractivity contribution in [1.82, 2.24) is 9.55 Å². The fourth-order valence-electron chi connectivity index (χ4n) is 5.53. The largest absolute Gasteiger partial charge is 0.454 e. The van der Waals surface area contributed by atoms with Crippen molar-refractivity contribution in [3.63, 3.8) is 0 Å². The first-order valence-electron chi connectivity index (χ1n) is 13.5. The molecule has 0 aliphatic heterocycles. The highest BCUT2D eigenvalue weighted by atomic mass is 16.6. The maximum absolute atomic E-state index is 13.6. The Morgan fingerprint density at radius 3 is 2.58 bits per heavy atom. The summed E-state index contributed by atoms with van der Waals surface area (Å²) >= 11 is 0. The van der Waals surface area contributed by atoms with E-state index < -0.39 is 10.9 Å². The highest BCUT2D eigenvalue weighted by Crippen LogP contribution is 2.36. The predicted molar refractivity (Wildman–Crippen MR) is 154 cm³/mol. The van der Waals surface area contributed by atoms with Crippen LogP contribution >= 0.6 is 0 Å². The summed E-state index contributed by atoms with van der Waals surface area (Å²) in [6.45, 7) is 6.47. The molecule has 0 fully saturated rings. The molecule has 0 spiro atoms. The van der Waals surface area contributed by atoms with Gasteiger partial charge in [-0.15, -0.1) is 0 Å². The molecule has 0 bridgehead atoms. The zero-order valence-corrected chi connectivity index (χ0v) is 22.9. The average Bonchev–Trinajstić information content (AvgIpc) is 3.24. The summed E-state index contributed by atoms with van der Waals surface area (Å²) in [5, 5.41) is 11.7. The van der Waals surface area contributed by atoms with Crippen molar-refractivity contribution in [2.75, 3.05) is 6.61 Å². The van der Waals surface area contributed by atoms with E-state index in [0.29, 0.717) is 28.5 Å². The molecule has 4 aromatic rings. The molecule has 0 radical (unpaired) electrons. The number of rotatable bonds is 8. The zero-order valence-electron chi connectivity index (χ0n) is 22.9. The molecule has 5 rings (SSSR count). The molecule has 0 unspecified atom stereocenters. The molecule has 40 heavy (non-hydrogen) atoms. The fourth-order valence-corrected chi connectivity index (χ4v) is 5.53. The smallest absolute Gasteiger partial charge is 0.339 e. The van der Waals surface area contributed by atoms with Crippen molar-refractivity contribution in [2.45, 2.75) is 53.0 Å². The number of fused-ring (bicyclic) bond motifs is 2. The van der Waals surface area contributed by atoms with Crippen LogP contribution in [0.2, 0.25) is 0 Å². The minimum absolute atomic E-state index is 0.0298. The van der Waals surface area contributed by atoms with E-state index in [2.05, 4.69) is 11.5 Å². The maximum Gasteiger partial charge on any atom is 0.339 e. The summed E-state index contributed by atoms with van der Waals surface area (Å²) in [4.78, 5) is 42.2. The molecule has 8 heteroatoms. The molecule has 0 amide bonds. The van der Waals surface area contributed by atoms with Gasteiger partial charge in [-0.1, -0.05) is 25.1 Å². The lowest BCUT2D eigenvalue weighted by atomic mass is 9.86. The molecular formula is C32H31N3O5. The van der Waals surface area contributed by atoms with Crippen LogP contribution in [0, 0.1) is 24.0 Å². The van der Waals surface area contributed by atoms with Gasteiger partial charge in [-0.3, -0.25) is 14.9 Å². The van der Waals surface area contributed by atoms with E-state index in [4.69, 9.17) is 9.72 Å². The van der Waals surface area contributed by atoms with E-state index in [1.807, 2.05) is 50.3 Å². The summed E-state index contributed by atoms with van der Waals surface area (Å²) < 4.78 is 7.77. The van der Waals surface area contributed by atoms with Crippen LogP contribution in [-0.4, -0.2) is 32.8 Å². The highest BCUT2D eigenvalue weighted by molar-refractivity contribution is 6.08. The first kappa shape index (κ1) is 27.0. The third-order valence-corrected chi connectivity index (χ3v) is 7.47. The first-order chi connectivity index (χ1) is 19.3. The van der Waals surface area contributed by atoms with Crippen molar-refractivity contribution in [3.8, 4) is 0 Å². The van der Waals surface area contributed by atoms with E-state index >= 15 is 0 Å². The van der Waals surface area contributed by atoms with E-state index in [1.54, 1.807) is 12.1 Å². The average molecular weight is 538 g/mol. The molecule has 0 saturated heterocycles. The molecule has 2 aromatic carbocycles. The van der Waals surface area contributed by atoms with Crippen LogP contribution in [-0.2, 0) is 17.7 Å². The Labute approximate surface area is 232 Å². The SMILES string of the molecule is CCCn1c(C)cc(C(=O)COC(=O)c2c3c(nc4ccccc24)/C(=C\c2ccc([N+](=O)[O-])cc2)CCC3)c1C. The molecule has 2 aromatic heterocycles. The number of hydrogen-bond acceptors (Lipinski definition) is 6. The van der Waals surface area contributed by atoms with Gasteiger partial charge in [0.05, 0.1) is 21.7 Å². The molecule has 204 valence electrons. The van der Waals surface area contributed by atoms with Crippen LogP contribution in [0.25, 0.3) is 22.6 Å². The van der Waals surface area contributed by atoms with E-state index in [9.17, 15) is 19.7 Å². The number of hydrogen-bond donors (Lipinski definition) is 0. The van der Waals surface area contributed by atoms with Crippen molar-refractivity contribution in [1.29, 1.82) is 0 Å². The Morgan fingerprint density at radius 1 is 1.10 bits per heavy atom. The fraction of sp³-hybridized carbons (Fsp3) is 0.281. The number of para-hydroxylation sites is 1. The second kappa shape index (κ2) is 11.3. The van der Waals surface area contributed by atoms with Crippen LogP contribution in [0.5, 0.6) is 0 Å². The number of nitro benzene ring substituents is 1. The van der Waals surface area contributed by atoms with Crippen LogP contribution in [0.4, 0.5) is 5.69 Å². The van der Waals surface area contributed by atoms with Gasteiger partial charge in [0, 0.05) is 41.0 Å². The molecule has 2 heterocycles. The van der Waals surface area contributed by atoms with Crippen molar-refractivity contribution < 1.29 is 19.2 Å². The van der Waals surface area contributed by atoms with Gasteiger partial charge >= 0.3 is 5.97 Å². The van der Waals surface area contributed by atoms with Crippen LogP contribution in [0.1, 0.15) is 75.1 Å². The van der Waals surface area contributed by atoms with Crippen molar-refractivity contribution in [3.05, 3.63) is 104 Å². The van der Waals surface area contributed by atoms with Crippen LogP contribution < -0.4 is 0 Å². The first-order valence-corrected chi connectivity index (χ1v) is 13.5. The Morgan fingerprint density at radius 2 is 1.85 bits per heavy atom. The number of carbonyl (C=O) groups is 2. The summed E-state index contributed by atoms with van der Waals surface area (Å²) in [6.07, 6.45) is 5.15. The number of Topliss-reactive ketones (excluding diaryl/α,β-unsaturated/α-hetero) is 1. The highest BCUT2D eigenvalue weighted by Gasteiger charge is 2.27. The summed E-state index contributed by atoms with van der Waals surface area (Å²) in [6, 6.07) is 15.7. The number of esters is 1. The standard InChI is InChI=1S/C32H31N3O5/c1-4-16-34-20(2)17-27(21(34)3)29(36)19-40-32(37)30-25-9-5-6-11-28(25)33-31-23(8-7-10-26(30)31)18-22-12-14-24(15-13-22)35(38)39/h5-6,9,11-15,17-18H,4,7-8,10,16,19H2,1-3H3/b23-18-. The minimum atomic E-state index is -0.540. The zero-order chi connectivity index (χ0) is 28.4. The third-order valence-electron chi connectivity index (χ3n) is 7.47. The second-order valence-corrected chi connectivity index (χ2v) is 10.1. The Kier molecular flexibility index (Phi) is 7.60. The lowest BCUT2D eigenvalue weighted by Crippen LogP contribution is -2.19. The summed E-state index contributed by atoms with van der Waals surface area (Å²) in [5.41, 5.74) is 6.91. The number of benzene rings is 2. The topological polar surface area (TPSA) is 104 Å². The Balaban J connectivity index is 1.48. The van der Waals surface area contributed by atoms with Gasteiger partial charge in [0.2, 0.25) is 5.78 Å². The lowest BCUT2D eigenvalue weighted by Gasteiger charge is -2.22. The van der Waals surface area contributed by atoms with Crippen molar-refractivity contribution >= 4 is 40.0 Å². The van der Waals surface area contributed by atoms with Gasteiger partial charge in [0.15, 0.2) is 6.61 Å². The van der Waals surface area contributed by atoms with Gasteiger partial charge in [-0.05, 0) is 86.6 Å². The van der Waals surface area contributed by atoms with Crippen LogP contribution in [0.3, 0.4) is 0 Å². The number of non-ortho nitro benzene ring substituents is 1. The van der Waals surface area contributed by atoms with Gasteiger partial charge in [-0.2, -0.15) is 0 Å². The van der Waals surface area contributed by atoms with Crippen LogP contribution in [0.15, 0.2) is 54.6 Å². The minimum Gasteiger partial charge on any atom is -0.454 e. The Bertz CT molecular complexity index is 1660. The second-order valence-electron chi connectivity index (χ2n) is 10.1. The van der Waals surface area contributed by atoms with E-state index in [-0.39, 0.29) is 18.1 Å². The number of nitrogens with zero attached hydrogens (tertiary/aromatic N) is 3. The maximum atomic E-state index is 13.6. The summed E-state index contributed by atoms with van der Waals surface area (Å²) in [5.74, 6) is -0.767. The number of allylic oxidation sites excluding steroid dienone is 1. The summed E-state index contributed by atoms with van der Waals surface area (Å²) in [7, 11) is 0. The molecule has 1 aliphatic carbocycles. The monoisotopic (exact) mass is 537 g/mol. The number of ketones is 1. The lowest BCUT2D eigenvalue weighted by molar-refractivity contribution is -0.384. The molecular weight excluding hydrogens is 506 g/mol. The van der Waals surface area contributed by atoms with Gasteiger partial charge in [0.25, 0.3) is 5.69 Å². The van der Waals surface area contributed by atoms with E-state index in [0.717, 1.165) is 59.6 Å². The molecule has 0 atom stereocenters. The van der Waals surface area contributed by atoms with Gasteiger partial charge < -0.3 is 9.30 Å². The number of aromatic nitrogens is 2. The normalized spacial score (nSPS) is 13.8. The van der Waals surface area contributed by atoms with E-state index in [1.165, 1.54) is 12.1 Å². The van der Waals surface area contributed by atoms with Gasteiger partial charge in [-0.25, -0.2) is 9.78 Å². The van der Waals surface area contributed by atoms with Gasteiger partial charge in [0.1, 0.15) is 0 Å². The molecule has 8 nitrogen and oxygen atoms in total. The number of ether oxygens (including phenoxy) is 1. The molecule has 1 aliphatic rings. The quantitative estimate of drug-likeness (QED) is 0.105. The Hall–Kier alpha value is -4.59. The number of aryl methyl sites for hydroxylation is 1. The number of nitro groups is 1. The number of carbonyl (C=O) groups excluding carboxylic acids is 2.